The van der Waals surface area contributed by atoms with E-state index in [0.29, 0.717) is 6.42 Å². The molecule has 0 spiro atoms. The molecular weight excluding hydrogens is 266 g/mol. The molecule has 0 saturated carbocycles. The van der Waals surface area contributed by atoms with Crippen molar-refractivity contribution in [2.75, 3.05) is 0 Å². The van der Waals surface area contributed by atoms with Crippen molar-refractivity contribution in [3.8, 4) is 0 Å². The highest BCUT2D eigenvalue weighted by atomic mass is 32.2. The Morgan fingerprint density at radius 2 is 2.21 bits per heavy atom. The third kappa shape index (κ3) is 4.53. The fraction of sp³-hybridized carbons (Fsp3) is 0.417. The Morgan fingerprint density at radius 3 is 2.74 bits per heavy atom. The molecule has 106 valence electrons. The van der Waals surface area contributed by atoms with E-state index in [1.54, 1.807) is 12.1 Å². The standard InChI is InChI=1S/C12H19N3O3S/c1-3-10(8-12(13)14-16)15-19(17,18)11-6-4-5-9(2)7-11/h4-7,10,15-16H,3,8H2,1-2H3,(H2,13,14). The minimum atomic E-state index is -3.59. The number of nitrogens with one attached hydrogen (secondary N) is 1. The zero-order chi connectivity index (χ0) is 14.5. The van der Waals surface area contributed by atoms with Gasteiger partial charge in [0.1, 0.15) is 5.84 Å². The van der Waals surface area contributed by atoms with Gasteiger partial charge < -0.3 is 10.9 Å². The summed E-state index contributed by atoms with van der Waals surface area (Å²) in [5.41, 5.74) is 6.26. The quantitative estimate of drug-likeness (QED) is 0.316. The van der Waals surface area contributed by atoms with E-state index in [2.05, 4.69) is 9.88 Å². The number of benzene rings is 1. The van der Waals surface area contributed by atoms with Gasteiger partial charge in [0.25, 0.3) is 0 Å². The van der Waals surface area contributed by atoms with Crippen LogP contribution in [0.15, 0.2) is 34.3 Å². The monoisotopic (exact) mass is 285 g/mol. The maximum Gasteiger partial charge on any atom is 0.240 e. The van der Waals surface area contributed by atoms with Crippen molar-refractivity contribution >= 4 is 15.9 Å². The van der Waals surface area contributed by atoms with Crippen molar-refractivity contribution in [1.82, 2.24) is 4.72 Å². The van der Waals surface area contributed by atoms with Crippen molar-refractivity contribution in [2.45, 2.75) is 37.6 Å². The fourth-order valence-corrected chi connectivity index (χ4v) is 3.06. The Kier molecular flexibility index (Phi) is 5.31. The second-order valence-corrected chi connectivity index (χ2v) is 6.05. The first-order valence-corrected chi connectivity index (χ1v) is 7.42. The average Bonchev–Trinajstić information content (AvgIpc) is 2.37. The summed E-state index contributed by atoms with van der Waals surface area (Å²) in [4.78, 5) is 0.213. The van der Waals surface area contributed by atoms with Gasteiger partial charge in [0, 0.05) is 12.5 Å². The number of nitrogens with two attached hydrogens (primary N) is 1. The molecule has 1 aromatic rings. The van der Waals surface area contributed by atoms with Gasteiger partial charge in [0.2, 0.25) is 10.0 Å². The first-order chi connectivity index (χ1) is 8.89. The first kappa shape index (κ1) is 15.5. The number of amidine groups is 1. The minimum Gasteiger partial charge on any atom is -0.409 e. The van der Waals surface area contributed by atoms with Gasteiger partial charge in [-0.2, -0.15) is 0 Å². The van der Waals surface area contributed by atoms with Gasteiger partial charge in [-0.1, -0.05) is 24.2 Å². The largest absolute Gasteiger partial charge is 0.409 e. The normalized spacial score (nSPS) is 14.3. The molecule has 4 N–H and O–H groups in total. The predicted molar refractivity (Wildman–Crippen MR) is 73.6 cm³/mol. The van der Waals surface area contributed by atoms with Gasteiger partial charge in [-0.15, -0.1) is 0 Å². The van der Waals surface area contributed by atoms with Gasteiger partial charge >= 0.3 is 0 Å². The average molecular weight is 285 g/mol. The fourth-order valence-electron chi connectivity index (χ4n) is 1.63. The zero-order valence-corrected chi connectivity index (χ0v) is 11.8. The predicted octanol–water partition coefficient (Wildman–Crippen LogP) is 1.19. The van der Waals surface area contributed by atoms with Crippen LogP contribution in [0.2, 0.25) is 0 Å². The highest BCUT2D eigenvalue weighted by Gasteiger charge is 2.19. The van der Waals surface area contributed by atoms with Gasteiger partial charge in [0.05, 0.1) is 4.90 Å². The molecule has 0 fully saturated rings. The lowest BCUT2D eigenvalue weighted by molar-refractivity contribution is 0.316. The third-order valence-electron chi connectivity index (χ3n) is 2.70. The van der Waals surface area contributed by atoms with Crippen LogP contribution >= 0.6 is 0 Å². The zero-order valence-electron chi connectivity index (χ0n) is 11.0. The summed E-state index contributed by atoms with van der Waals surface area (Å²) < 4.78 is 26.9. The Morgan fingerprint density at radius 1 is 1.53 bits per heavy atom. The molecule has 0 bridgehead atoms. The van der Waals surface area contributed by atoms with E-state index in [0.717, 1.165) is 5.56 Å². The number of sulfonamides is 1. The van der Waals surface area contributed by atoms with E-state index in [1.807, 2.05) is 19.9 Å². The molecule has 0 radical (unpaired) electrons. The Hall–Kier alpha value is -1.60. The Balaban J connectivity index is 2.89. The number of aryl methyl sites for hydroxylation is 1. The molecule has 19 heavy (non-hydrogen) atoms. The van der Waals surface area contributed by atoms with Crippen LogP contribution in [0, 0.1) is 6.92 Å². The van der Waals surface area contributed by atoms with Crippen LogP contribution in [0.3, 0.4) is 0 Å². The van der Waals surface area contributed by atoms with Crippen LogP contribution in [0.4, 0.5) is 0 Å². The van der Waals surface area contributed by atoms with Crippen molar-refractivity contribution in [3.63, 3.8) is 0 Å². The lowest BCUT2D eigenvalue weighted by Crippen LogP contribution is -2.37. The molecule has 6 nitrogen and oxygen atoms in total. The summed E-state index contributed by atoms with van der Waals surface area (Å²) >= 11 is 0. The molecule has 0 aromatic heterocycles. The van der Waals surface area contributed by atoms with Crippen LogP contribution in [-0.2, 0) is 10.0 Å². The van der Waals surface area contributed by atoms with E-state index < -0.39 is 16.1 Å². The molecule has 0 aliphatic carbocycles. The van der Waals surface area contributed by atoms with E-state index in [9.17, 15) is 8.42 Å². The molecule has 0 aliphatic heterocycles. The van der Waals surface area contributed by atoms with Gasteiger partial charge in [0.15, 0.2) is 0 Å². The summed E-state index contributed by atoms with van der Waals surface area (Å²) in [6.45, 7) is 3.65. The molecule has 0 heterocycles. The maximum absolute atomic E-state index is 12.2. The topological polar surface area (TPSA) is 105 Å². The third-order valence-corrected chi connectivity index (χ3v) is 4.22. The second kappa shape index (κ2) is 6.53. The van der Waals surface area contributed by atoms with Crippen molar-refractivity contribution in [3.05, 3.63) is 29.8 Å². The molecular formula is C12H19N3O3S. The van der Waals surface area contributed by atoms with Crippen molar-refractivity contribution in [1.29, 1.82) is 0 Å². The van der Waals surface area contributed by atoms with Crippen molar-refractivity contribution in [2.24, 2.45) is 10.9 Å². The van der Waals surface area contributed by atoms with Crippen LogP contribution in [0.1, 0.15) is 25.3 Å². The lowest BCUT2D eigenvalue weighted by Gasteiger charge is -2.16. The van der Waals surface area contributed by atoms with Crippen LogP contribution in [0.5, 0.6) is 0 Å². The highest BCUT2D eigenvalue weighted by molar-refractivity contribution is 7.89. The number of oxime groups is 1. The highest BCUT2D eigenvalue weighted by Crippen LogP contribution is 2.12. The Bertz CT molecular complexity index is 555. The number of hydrogen-bond donors (Lipinski definition) is 3. The molecule has 0 aliphatic rings. The summed E-state index contributed by atoms with van der Waals surface area (Å²) in [6, 6.07) is 6.24. The summed E-state index contributed by atoms with van der Waals surface area (Å²) in [7, 11) is -3.59. The van der Waals surface area contributed by atoms with E-state index in [4.69, 9.17) is 10.9 Å². The first-order valence-electron chi connectivity index (χ1n) is 5.94. The number of rotatable bonds is 6. The molecule has 1 unspecified atom stereocenters. The van der Waals surface area contributed by atoms with Crippen LogP contribution in [0.25, 0.3) is 0 Å². The van der Waals surface area contributed by atoms with E-state index in [1.165, 1.54) is 6.07 Å². The van der Waals surface area contributed by atoms with Gasteiger partial charge in [-0.05, 0) is 31.0 Å². The number of nitrogens with zero attached hydrogens (tertiary/aromatic N) is 1. The molecule has 1 atom stereocenters. The molecule has 0 saturated heterocycles. The molecule has 1 aromatic carbocycles. The SMILES string of the molecule is CCC(CC(N)=NO)NS(=O)(=O)c1cccc(C)c1. The van der Waals surface area contributed by atoms with Crippen LogP contribution in [-0.4, -0.2) is 25.5 Å². The van der Waals surface area contributed by atoms with E-state index >= 15 is 0 Å². The molecule has 1 rings (SSSR count). The van der Waals surface area contributed by atoms with Crippen LogP contribution < -0.4 is 10.5 Å². The number of hydrogen-bond acceptors (Lipinski definition) is 4. The van der Waals surface area contributed by atoms with Gasteiger partial charge in [-0.3, -0.25) is 0 Å². The van der Waals surface area contributed by atoms with Crippen molar-refractivity contribution < 1.29 is 13.6 Å². The minimum absolute atomic E-state index is 0.00112. The van der Waals surface area contributed by atoms with Gasteiger partial charge in [-0.25, -0.2) is 13.1 Å². The van der Waals surface area contributed by atoms with E-state index in [-0.39, 0.29) is 17.2 Å². The summed E-state index contributed by atoms with van der Waals surface area (Å²) in [5, 5.41) is 11.4. The maximum atomic E-state index is 12.2. The molecule has 0 amide bonds. The Labute approximate surface area is 113 Å². The lowest BCUT2D eigenvalue weighted by atomic mass is 10.1. The molecule has 7 heteroatoms. The second-order valence-electron chi connectivity index (χ2n) is 4.34. The summed E-state index contributed by atoms with van der Waals surface area (Å²) in [6.07, 6.45) is 0.708. The smallest absolute Gasteiger partial charge is 0.240 e. The summed E-state index contributed by atoms with van der Waals surface area (Å²) in [5.74, 6) is -0.00112.